The molecular formula is C26H30BrNO7. The number of hydrogen-bond acceptors (Lipinski definition) is 8. The molecule has 8 nitrogen and oxygen atoms in total. The number of methoxy groups -OCH3 is 2. The zero-order valence-electron chi connectivity index (χ0n) is 21.2. The number of rotatable bonds is 6. The zero-order valence-corrected chi connectivity index (χ0v) is 22.8. The van der Waals surface area contributed by atoms with Crippen LogP contribution >= 0.6 is 15.9 Å². The SMILES string of the molecule is COC(=O)C1=c2c(c(=O)oc3ccc(Br)cc23)=C(NC(C)(C)CC(C)(C)C)C1(C(C)=O)C(=O)OC. The van der Waals surface area contributed by atoms with E-state index in [1.807, 2.05) is 34.6 Å². The molecule has 1 unspecified atom stereocenters. The lowest BCUT2D eigenvalue weighted by molar-refractivity contribution is -0.152. The number of hydrogen-bond donors (Lipinski definition) is 1. The number of carbonyl (C=O) groups excluding carboxylic acids is 3. The van der Waals surface area contributed by atoms with Gasteiger partial charge in [0, 0.05) is 20.6 Å². The highest BCUT2D eigenvalue weighted by atomic mass is 79.9. The smallest absolute Gasteiger partial charge is 0.346 e. The Balaban J connectivity index is 2.68. The number of ether oxygens (including phenoxy) is 2. The van der Waals surface area contributed by atoms with E-state index in [0.717, 1.165) is 14.2 Å². The summed E-state index contributed by atoms with van der Waals surface area (Å²) < 4.78 is 16.4. The molecule has 188 valence electrons. The minimum atomic E-state index is -2.25. The molecule has 1 aliphatic rings. The Kier molecular flexibility index (Phi) is 6.80. The predicted molar refractivity (Wildman–Crippen MR) is 135 cm³/mol. The van der Waals surface area contributed by atoms with Gasteiger partial charge in [-0.15, -0.1) is 0 Å². The summed E-state index contributed by atoms with van der Waals surface area (Å²) in [5.41, 5.74) is -4.02. The van der Waals surface area contributed by atoms with Crippen LogP contribution in [0.5, 0.6) is 0 Å². The van der Waals surface area contributed by atoms with Crippen LogP contribution in [0.15, 0.2) is 31.9 Å². The fraction of sp³-hybridized carbons (Fsp3) is 0.462. The molecule has 0 spiro atoms. The van der Waals surface area contributed by atoms with Crippen molar-refractivity contribution in [2.24, 2.45) is 10.8 Å². The first-order valence-electron chi connectivity index (χ1n) is 11.1. The van der Waals surface area contributed by atoms with Crippen molar-refractivity contribution >= 4 is 55.9 Å². The number of nitrogens with one attached hydrogen (secondary N) is 1. The molecule has 0 aliphatic heterocycles. The molecule has 1 atom stereocenters. The molecule has 1 N–H and O–H groups in total. The molecule has 0 radical (unpaired) electrons. The lowest BCUT2D eigenvalue weighted by Crippen LogP contribution is -2.53. The number of ketones is 1. The van der Waals surface area contributed by atoms with E-state index >= 15 is 0 Å². The van der Waals surface area contributed by atoms with Crippen molar-refractivity contribution in [1.82, 2.24) is 5.32 Å². The largest absolute Gasteiger partial charge is 0.468 e. The number of halogens is 1. The normalized spacial score (nSPS) is 17.9. The Labute approximate surface area is 211 Å². The maximum atomic E-state index is 13.5. The molecule has 2 aromatic rings. The number of esters is 2. The summed E-state index contributed by atoms with van der Waals surface area (Å²) in [7, 11) is 2.27. The molecule has 9 heteroatoms. The second-order valence-corrected chi connectivity index (χ2v) is 11.5. The molecule has 0 fully saturated rings. The Morgan fingerprint density at radius 1 is 1.06 bits per heavy atom. The summed E-state index contributed by atoms with van der Waals surface area (Å²) in [4.78, 5) is 53.6. The molecule has 0 saturated carbocycles. The number of benzene rings is 1. The van der Waals surface area contributed by atoms with E-state index < -0.39 is 34.3 Å². The number of carbonyl (C=O) groups is 3. The first kappa shape index (κ1) is 26.7. The molecule has 1 aromatic carbocycles. The summed E-state index contributed by atoms with van der Waals surface area (Å²) in [5.74, 6) is -2.63. The topological polar surface area (TPSA) is 112 Å². The molecule has 0 amide bonds. The summed E-state index contributed by atoms with van der Waals surface area (Å²) in [6.07, 6.45) is 0.603. The molecule has 1 heterocycles. The van der Waals surface area contributed by atoms with Gasteiger partial charge in [0.2, 0.25) is 0 Å². The minimum Gasteiger partial charge on any atom is -0.468 e. The van der Waals surface area contributed by atoms with Gasteiger partial charge in [0.15, 0.2) is 11.2 Å². The average Bonchev–Trinajstić information content (AvgIpc) is 3.03. The van der Waals surface area contributed by atoms with Crippen molar-refractivity contribution in [3.63, 3.8) is 0 Å². The molecule has 0 bridgehead atoms. The van der Waals surface area contributed by atoms with Gasteiger partial charge in [-0.2, -0.15) is 0 Å². The fourth-order valence-electron chi connectivity index (χ4n) is 5.24. The fourth-order valence-corrected chi connectivity index (χ4v) is 5.60. The van der Waals surface area contributed by atoms with Gasteiger partial charge in [-0.25, -0.2) is 9.59 Å². The van der Waals surface area contributed by atoms with Crippen molar-refractivity contribution in [2.75, 3.05) is 14.2 Å². The third kappa shape index (κ3) is 4.42. The van der Waals surface area contributed by atoms with Crippen molar-refractivity contribution in [3.8, 4) is 0 Å². The van der Waals surface area contributed by atoms with Gasteiger partial charge < -0.3 is 19.2 Å². The van der Waals surface area contributed by atoms with E-state index in [-0.39, 0.29) is 32.7 Å². The first-order valence-corrected chi connectivity index (χ1v) is 11.9. The van der Waals surface area contributed by atoms with Crippen LogP contribution in [0.3, 0.4) is 0 Å². The zero-order chi connectivity index (χ0) is 26.5. The van der Waals surface area contributed by atoms with Gasteiger partial charge in [-0.05, 0) is 50.8 Å². The third-order valence-electron chi connectivity index (χ3n) is 5.96. The van der Waals surface area contributed by atoms with E-state index in [0.29, 0.717) is 16.3 Å². The van der Waals surface area contributed by atoms with Crippen molar-refractivity contribution in [3.05, 3.63) is 43.5 Å². The monoisotopic (exact) mass is 547 g/mol. The highest BCUT2D eigenvalue weighted by Gasteiger charge is 2.59. The van der Waals surface area contributed by atoms with Crippen LogP contribution in [0.2, 0.25) is 0 Å². The quantitative estimate of drug-likeness (QED) is 0.333. The molecule has 1 aliphatic carbocycles. The lowest BCUT2D eigenvalue weighted by Gasteiger charge is -2.38. The summed E-state index contributed by atoms with van der Waals surface area (Å²) in [5, 5.41) is 3.69. The summed E-state index contributed by atoms with van der Waals surface area (Å²) >= 11 is 3.40. The van der Waals surface area contributed by atoms with E-state index in [1.165, 1.54) is 6.92 Å². The minimum absolute atomic E-state index is 0.0443. The van der Waals surface area contributed by atoms with Gasteiger partial charge in [-0.1, -0.05) is 36.7 Å². The Bertz CT molecular complexity index is 1430. The Morgan fingerprint density at radius 2 is 1.69 bits per heavy atom. The van der Waals surface area contributed by atoms with Crippen LogP contribution < -0.4 is 21.4 Å². The van der Waals surface area contributed by atoms with Crippen LogP contribution in [0.4, 0.5) is 0 Å². The summed E-state index contributed by atoms with van der Waals surface area (Å²) in [6.45, 7) is 11.1. The standard InChI is InChI=1S/C26H30BrNO7/c1-13(29)26(23(32)34-8)19(22(31)33-7)17-15-11-14(27)9-10-16(15)35-21(30)18(17)20(26)28-25(5,6)12-24(2,3)4/h9-11,28H,12H2,1-8H3. The second kappa shape index (κ2) is 8.93. The lowest BCUT2D eigenvalue weighted by atomic mass is 9.74. The predicted octanol–water partition coefficient (Wildman–Crippen LogP) is 2.55. The first-order chi connectivity index (χ1) is 16.1. The van der Waals surface area contributed by atoms with Gasteiger partial charge in [0.25, 0.3) is 0 Å². The van der Waals surface area contributed by atoms with E-state index in [9.17, 15) is 19.2 Å². The van der Waals surface area contributed by atoms with Crippen LogP contribution in [0.25, 0.3) is 22.2 Å². The Morgan fingerprint density at radius 3 is 2.20 bits per heavy atom. The third-order valence-corrected chi connectivity index (χ3v) is 6.46. The van der Waals surface area contributed by atoms with E-state index in [1.54, 1.807) is 18.2 Å². The molecule has 3 rings (SSSR count). The van der Waals surface area contributed by atoms with E-state index in [2.05, 4.69) is 21.2 Å². The van der Waals surface area contributed by atoms with Gasteiger partial charge >= 0.3 is 17.6 Å². The van der Waals surface area contributed by atoms with Crippen LogP contribution in [0, 0.1) is 10.8 Å². The van der Waals surface area contributed by atoms with Crippen molar-refractivity contribution in [2.45, 2.75) is 53.5 Å². The second-order valence-electron chi connectivity index (χ2n) is 10.6. The van der Waals surface area contributed by atoms with Crippen LogP contribution in [-0.2, 0) is 23.9 Å². The van der Waals surface area contributed by atoms with Crippen molar-refractivity contribution in [1.29, 1.82) is 0 Å². The molecule has 35 heavy (non-hydrogen) atoms. The van der Waals surface area contributed by atoms with E-state index in [4.69, 9.17) is 13.9 Å². The molecule has 0 saturated heterocycles. The number of fused-ring (bicyclic) bond motifs is 3. The highest BCUT2D eigenvalue weighted by molar-refractivity contribution is 9.10. The average molecular weight is 548 g/mol. The molecule has 1 aromatic heterocycles. The number of Topliss-reactive ketones (excluding diaryl/α,β-unsaturated/α-hetero) is 1. The highest BCUT2D eigenvalue weighted by Crippen LogP contribution is 2.42. The molecular weight excluding hydrogens is 518 g/mol. The van der Waals surface area contributed by atoms with Gasteiger partial charge in [-0.3, -0.25) is 9.59 Å². The van der Waals surface area contributed by atoms with Crippen LogP contribution in [0.1, 0.15) is 48.0 Å². The Hall–Kier alpha value is -2.94. The summed E-state index contributed by atoms with van der Waals surface area (Å²) in [6, 6.07) is 4.91. The maximum Gasteiger partial charge on any atom is 0.346 e. The van der Waals surface area contributed by atoms with Crippen LogP contribution in [-0.4, -0.2) is 37.5 Å². The van der Waals surface area contributed by atoms with Gasteiger partial charge in [0.05, 0.1) is 30.7 Å². The van der Waals surface area contributed by atoms with Crippen molar-refractivity contribution < 1.29 is 28.3 Å². The van der Waals surface area contributed by atoms with Gasteiger partial charge in [0.1, 0.15) is 5.58 Å². The maximum absolute atomic E-state index is 13.5.